The van der Waals surface area contributed by atoms with Crippen molar-refractivity contribution in [3.8, 4) is 5.75 Å². The van der Waals surface area contributed by atoms with E-state index in [0.29, 0.717) is 33.9 Å². The summed E-state index contributed by atoms with van der Waals surface area (Å²) in [5, 5.41) is 19.0. The number of ether oxygens (including phenoxy) is 1. The van der Waals surface area contributed by atoms with Crippen LogP contribution >= 0.6 is 11.8 Å². The summed E-state index contributed by atoms with van der Waals surface area (Å²) in [5.41, 5.74) is 8.48. The van der Waals surface area contributed by atoms with Crippen molar-refractivity contribution in [1.29, 1.82) is 0 Å². The summed E-state index contributed by atoms with van der Waals surface area (Å²) >= 11 is 1.39. The molecule has 32 heavy (non-hydrogen) atoms. The number of rotatable bonds is 7. The highest BCUT2D eigenvalue weighted by atomic mass is 32.2. The van der Waals surface area contributed by atoms with Gasteiger partial charge in [0.2, 0.25) is 17.0 Å². The van der Waals surface area contributed by atoms with E-state index in [1.165, 1.54) is 23.9 Å². The van der Waals surface area contributed by atoms with E-state index in [9.17, 15) is 14.9 Å². The van der Waals surface area contributed by atoms with Crippen molar-refractivity contribution in [2.75, 3.05) is 12.4 Å². The molecule has 3 aromatic rings. The van der Waals surface area contributed by atoms with Crippen LogP contribution in [0, 0.1) is 10.1 Å². The number of carbonyl (C=O) groups is 1. The number of nitrogens with one attached hydrogen (secondary N) is 1. The van der Waals surface area contributed by atoms with Gasteiger partial charge in [-0.15, -0.1) is 5.10 Å². The molecule has 10 nitrogen and oxygen atoms in total. The van der Waals surface area contributed by atoms with Crippen LogP contribution in [0.25, 0.3) is 0 Å². The molecule has 0 fully saturated rings. The van der Waals surface area contributed by atoms with Crippen LogP contribution in [0.3, 0.4) is 0 Å². The number of fused-ring (bicyclic) bond motifs is 1. The molecule has 1 atom stereocenters. The number of hydrogen-bond donors (Lipinski definition) is 2. The van der Waals surface area contributed by atoms with Crippen molar-refractivity contribution in [2.45, 2.75) is 23.9 Å². The van der Waals surface area contributed by atoms with E-state index in [1.54, 1.807) is 30.8 Å². The molecule has 0 aliphatic carbocycles. The van der Waals surface area contributed by atoms with Gasteiger partial charge in [-0.3, -0.25) is 14.9 Å². The summed E-state index contributed by atoms with van der Waals surface area (Å²) in [6.45, 7) is 1.78. The zero-order valence-electron chi connectivity index (χ0n) is 17.3. The van der Waals surface area contributed by atoms with E-state index < -0.39 is 16.9 Å². The highest BCUT2D eigenvalue weighted by Crippen LogP contribution is 2.36. The Morgan fingerprint density at radius 3 is 2.53 bits per heavy atom. The van der Waals surface area contributed by atoms with Gasteiger partial charge >= 0.3 is 0 Å². The number of nitrogens with zero attached hydrogens (tertiary/aromatic N) is 4. The highest BCUT2D eigenvalue weighted by Gasteiger charge is 2.33. The van der Waals surface area contributed by atoms with Gasteiger partial charge in [0.05, 0.1) is 17.6 Å². The summed E-state index contributed by atoms with van der Waals surface area (Å²) in [6.07, 6.45) is 0. The minimum Gasteiger partial charge on any atom is -0.497 e. The van der Waals surface area contributed by atoms with E-state index in [4.69, 9.17) is 10.5 Å². The van der Waals surface area contributed by atoms with Crippen LogP contribution in [0.4, 0.5) is 11.6 Å². The van der Waals surface area contributed by atoms with E-state index in [2.05, 4.69) is 15.4 Å². The molecule has 1 unspecified atom stereocenters. The van der Waals surface area contributed by atoms with Crippen molar-refractivity contribution in [1.82, 2.24) is 14.8 Å². The molecule has 1 aliphatic heterocycles. The van der Waals surface area contributed by atoms with Crippen molar-refractivity contribution >= 4 is 29.3 Å². The summed E-state index contributed by atoms with van der Waals surface area (Å²) in [6, 6.07) is 13.2. The third-order valence-electron chi connectivity index (χ3n) is 5.05. The van der Waals surface area contributed by atoms with E-state index >= 15 is 0 Å². The molecule has 0 saturated carbocycles. The lowest BCUT2D eigenvalue weighted by Crippen LogP contribution is -2.31. The van der Waals surface area contributed by atoms with Crippen molar-refractivity contribution in [3.63, 3.8) is 0 Å². The first-order valence-corrected chi connectivity index (χ1v) is 10.6. The van der Waals surface area contributed by atoms with Crippen molar-refractivity contribution < 1.29 is 14.5 Å². The minimum absolute atomic E-state index is 0.0430. The Morgan fingerprint density at radius 2 is 1.94 bits per heavy atom. The zero-order valence-corrected chi connectivity index (χ0v) is 18.1. The SMILES string of the molecule is COc1ccc(C2C(C(N)=O)=C(C)Nc3nc(SCc4ccc([N+](=O)[O-])cc4)nn32)cc1. The fraction of sp³-hybridized carbons (Fsp3) is 0.190. The number of thioether (sulfide) groups is 1. The number of allylic oxidation sites excluding steroid dienone is 1. The molecule has 1 aliphatic rings. The molecule has 164 valence electrons. The molecule has 4 rings (SSSR count). The molecule has 3 N–H and O–H groups in total. The standard InChI is InChI=1S/C21H20N6O4S/c1-12-17(19(22)28)18(14-5-9-16(31-2)10-6-14)26-20(23-12)24-21(25-26)32-11-13-3-7-15(8-4-13)27(29)30/h3-10,18H,11H2,1-2H3,(H2,22,28)(H,23,24,25). The average Bonchev–Trinajstić information content (AvgIpc) is 3.19. The number of anilines is 1. The maximum Gasteiger partial charge on any atom is 0.269 e. The van der Waals surface area contributed by atoms with Gasteiger partial charge in [0.25, 0.3) is 5.69 Å². The molecule has 2 heterocycles. The Bertz CT molecular complexity index is 1200. The molecular weight excluding hydrogens is 432 g/mol. The first-order valence-electron chi connectivity index (χ1n) is 9.61. The molecule has 0 saturated heterocycles. The number of carbonyl (C=O) groups excluding carboxylic acids is 1. The lowest BCUT2D eigenvalue weighted by molar-refractivity contribution is -0.384. The van der Waals surface area contributed by atoms with Gasteiger partial charge in [0.1, 0.15) is 11.8 Å². The first kappa shape index (κ1) is 21.4. The maximum atomic E-state index is 12.3. The number of primary amides is 1. The van der Waals surface area contributed by atoms with Crippen LogP contribution in [0.15, 0.2) is 65.0 Å². The second-order valence-electron chi connectivity index (χ2n) is 7.08. The van der Waals surface area contributed by atoms with Crippen LogP contribution in [0.1, 0.15) is 24.1 Å². The summed E-state index contributed by atoms with van der Waals surface area (Å²) < 4.78 is 6.87. The van der Waals surface area contributed by atoms with Crippen molar-refractivity contribution in [3.05, 3.63) is 81.0 Å². The van der Waals surface area contributed by atoms with Gasteiger partial charge in [-0.05, 0) is 30.2 Å². The third kappa shape index (κ3) is 4.14. The normalized spacial score (nSPS) is 15.1. The molecule has 1 amide bonds. The number of nitrogens with two attached hydrogens (primary N) is 1. The summed E-state index contributed by atoms with van der Waals surface area (Å²) in [5.74, 6) is 1.18. The van der Waals surface area contributed by atoms with Gasteiger partial charge in [0, 0.05) is 23.6 Å². The Kier molecular flexibility index (Phi) is 5.82. The smallest absolute Gasteiger partial charge is 0.269 e. The lowest BCUT2D eigenvalue weighted by atomic mass is 9.95. The second kappa shape index (κ2) is 8.71. The van der Waals surface area contributed by atoms with Crippen LogP contribution in [-0.2, 0) is 10.5 Å². The molecular formula is C21H20N6O4S. The van der Waals surface area contributed by atoms with E-state index in [-0.39, 0.29) is 5.69 Å². The largest absolute Gasteiger partial charge is 0.497 e. The van der Waals surface area contributed by atoms with Gasteiger partial charge in [-0.1, -0.05) is 36.0 Å². The maximum absolute atomic E-state index is 12.3. The first-order chi connectivity index (χ1) is 15.4. The van der Waals surface area contributed by atoms with Crippen LogP contribution in [0.2, 0.25) is 0 Å². The predicted octanol–water partition coefficient (Wildman–Crippen LogP) is 3.26. The molecule has 0 radical (unpaired) electrons. The lowest BCUT2D eigenvalue weighted by Gasteiger charge is -2.27. The average molecular weight is 452 g/mol. The summed E-state index contributed by atoms with van der Waals surface area (Å²) in [7, 11) is 1.59. The van der Waals surface area contributed by atoms with Crippen molar-refractivity contribution in [2.24, 2.45) is 5.73 Å². The number of amides is 1. The fourth-order valence-corrected chi connectivity index (χ4v) is 4.25. The summed E-state index contributed by atoms with van der Waals surface area (Å²) in [4.78, 5) is 27.2. The Labute approximate surface area is 187 Å². The van der Waals surface area contributed by atoms with Crippen LogP contribution in [0.5, 0.6) is 5.75 Å². The molecule has 0 spiro atoms. The monoisotopic (exact) mass is 452 g/mol. The van der Waals surface area contributed by atoms with Crippen LogP contribution in [-0.4, -0.2) is 32.7 Å². The number of nitro benzene ring substituents is 1. The Morgan fingerprint density at radius 1 is 1.25 bits per heavy atom. The number of non-ortho nitro benzene ring substituents is 1. The molecule has 0 bridgehead atoms. The number of nitro groups is 1. The molecule has 1 aromatic heterocycles. The quantitative estimate of drug-likeness (QED) is 0.316. The zero-order chi connectivity index (χ0) is 22.8. The van der Waals surface area contributed by atoms with E-state index in [0.717, 1.165) is 11.1 Å². The van der Waals surface area contributed by atoms with Gasteiger partial charge in [-0.2, -0.15) is 4.98 Å². The topological polar surface area (TPSA) is 138 Å². The predicted molar refractivity (Wildman–Crippen MR) is 119 cm³/mol. The Balaban J connectivity index is 1.62. The number of hydrogen-bond acceptors (Lipinski definition) is 8. The number of benzene rings is 2. The Hall–Kier alpha value is -3.86. The number of methoxy groups -OCH3 is 1. The third-order valence-corrected chi connectivity index (χ3v) is 5.95. The van der Waals surface area contributed by atoms with Gasteiger partial charge in [0.15, 0.2) is 0 Å². The second-order valence-corrected chi connectivity index (χ2v) is 8.02. The van der Waals surface area contributed by atoms with Gasteiger partial charge < -0.3 is 15.8 Å². The minimum atomic E-state index is -0.544. The number of aromatic nitrogens is 3. The fourth-order valence-electron chi connectivity index (χ4n) is 3.47. The molecule has 2 aromatic carbocycles. The highest BCUT2D eigenvalue weighted by molar-refractivity contribution is 7.98. The van der Waals surface area contributed by atoms with Gasteiger partial charge in [-0.25, -0.2) is 4.68 Å². The van der Waals surface area contributed by atoms with E-state index in [1.807, 2.05) is 24.3 Å². The van der Waals surface area contributed by atoms with Crippen LogP contribution < -0.4 is 15.8 Å². The molecule has 11 heteroatoms.